The summed E-state index contributed by atoms with van der Waals surface area (Å²) in [7, 11) is 0. The highest BCUT2D eigenvalue weighted by Gasteiger charge is 2.24. The molecular formula is C17H17ClN4O. The van der Waals surface area contributed by atoms with Crippen LogP contribution in [0.4, 0.5) is 6.01 Å². The van der Waals surface area contributed by atoms with Crippen molar-refractivity contribution < 1.29 is 4.42 Å². The SMILES string of the molecule is CC1CNCCN1c1nc2cc(Cl)cc(-c3cccnc3)c2o1. The molecule has 118 valence electrons. The molecular weight excluding hydrogens is 312 g/mol. The first-order valence-corrected chi connectivity index (χ1v) is 8.08. The number of anilines is 1. The second kappa shape index (κ2) is 5.83. The van der Waals surface area contributed by atoms with Gasteiger partial charge in [0.05, 0.1) is 0 Å². The van der Waals surface area contributed by atoms with Crippen LogP contribution in [0.3, 0.4) is 0 Å². The highest BCUT2D eigenvalue weighted by Crippen LogP contribution is 2.34. The lowest BCUT2D eigenvalue weighted by atomic mass is 10.1. The van der Waals surface area contributed by atoms with Crippen LogP contribution in [-0.4, -0.2) is 35.6 Å². The van der Waals surface area contributed by atoms with Crippen LogP contribution in [0, 0.1) is 0 Å². The fourth-order valence-electron chi connectivity index (χ4n) is 2.97. The van der Waals surface area contributed by atoms with E-state index in [0.717, 1.165) is 41.9 Å². The maximum absolute atomic E-state index is 6.27. The average molecular weight is 329 g/mol. The summed E-state index contributed by atoms with van der Waals surface area (Å²) in [5.41, 5.74) is 3.42. The number of pyridine rings is 1. The van der Waals surface area contributed by atoms with Crippen molar-refractivity contribution in [3.63, 3.8) is 0 Å². The Hall–Kier alpha value is -2.11. The molecule has 3 heterocycles. The van der Waals surface area contributed by atoms with Crippen molar-refractivity contribution >= 4 is 28.7 Å². The van der Waals surface area contributed by atoms with E-state index >= 15 is 0 Å². The maximum atomic E-state index is 6.27. The molecule has 1 atom stereocenters. The number of oxazole rings is 1. The third-order valence-corrected chi connectivity index (χ3v) is 4.38. The Balaban J connectivity index is 1.85. The van der Waals surface area contributed by atoms with E-state index < -0.39 is 0 Å². The summed E-state index contributed by atoms with van der Waals surface area (Å²) in [4.78, 5) is 11.0. The second-order valence-corrected chi connectivity index (χ2v) is 6.22. The third-order valence-electron chi connectivity index (χ3n) is 4.16. The fraction of sp³-hybridized carbons (Fsp3) is 0.294. The van der Waals surface area contributed by atoms with Crippen molar-refractivity contribution in [1.82, 2.24) is 15.3 Å². The highest BCUT2D eigenvalue weighted by atomic mass is 35.5. The molecule has 0 saturated carbocycles. The molecule has 3 aromatic rings. The van der Waals surface area contributed by atoms with E-state index in [4.69, 9.17) is 16.0 Å². The Morgan fingerprint density at radius 1 is 1.39 bits per heavy atom. The summed E-state index contributed by atoms with van der Waals surface area (Å²) in [6.07, 6.45) is 3.56. The van der Waals surface area contributed by atoms with Crippen molar-refractivity contribution in [2.45, 2.75) is 13.0 Å². The lowest BCUT2D eigenvalue weighted by Crippen LogP contribution is -2.50. The van der Waals surface area contributed by atoms with Gasteiger partial charge in [-0.05, 0) is 25.1 Å². The summed E-state index contributed by atoms with van der Waals surface area (Å²) in [5, 5.41) is 4.02. The average Bonchev–Trinajstić information content (AvgIpc) is 2.99. The Bertz CT molecular complexity index is 833. The number of hydrogen-bond donors (Lipinski definition) is 1. The van der Waals surface area contributed by atoms with Gasteiger partial charge in [0.25, 0.3) is 6.01 Å². The summed E-state index contributed by atoms with van der Waals surface area (Å²) >= 11 is 6.27. The minimum absolute atomic E-state index is 0.342. The number of benzene rings is 1. The van der Waals surface area contributed by atoms with Gasteiger partial charge >= 0.3 is 0 Å². The second-order valence-electron chi connectivity index (χ2n) is 5.79. The van der Waals surface area contributed by atoms with Crippen molar-refractivity contribution in [1.29, 1.82) is 0 Å². The van der Waals surface area contributed by atoms with Gasteiger partial charge in [0.1, 0.15) is 5.52 Å². The number of piperazine rings is 1. The molecule has 1 aliphatic heterocycles. The Labute approximate surface area is 139 Å². The number of nitrogens with one attached hydrogen (secondary N) is 1. The van der Waals surface area contributed by atoms with Gasteiger partial charge in [-0.1, -0.05) is 17.7 Å². The summed E-state index contributed by atoms with van der Waals surface area (Å²) in [6, 6.07) is 8.63. The maximum Gasteiger partial charge on any atom is 0.298 e. The molecule has 6 heteroatoms. The van der Waals surface area contributed by atoms with Crippen molar-refractivity contribution in [2.24, 2.45) is 0 Å². The van der Waals surface area contributed by atoms with Gasteiger partial charge in [-0.3, -0.25) is 4.98 Å². The zero-order valence-corrected chi connectivity index (χ0v) is 13.5. The molecule has 2 aromatic heterocycles. The van der Waals surface area contributed by atoms with Gasteiger partial charge in [-0.2, -0.15) is 4.98 Å². The summed E-state index contributed by atoms with van der Waals surface area (Å²) < 4.78 is 6.12. The Kier molecular flexibility index (Phi) is 3.67. The van der Waals surface area contributed by atoms with Crippen LogP contribution in [0.2, 0.25) is 5.02 Å². The molecule has 1 fully saturated rings. The monoisotopic (exact) mass is 328 g/mol. The number of aromatic nitrogens is 2. The normalized spacial score (nSPS) is 18.5. The molecule has 0 spiro atoms. The third kappa shape index (κ3) is 2.66. The zero-order valence-electron chi connectivity index (χ0n) is 12.8. The molecule has 4 rings (SSSR count). The molecule has 1 aliphatic rings. The van der Waals surface area contributed by atoms with Crippen LogP contribution in [0.15, 0.2) is 41.1 Å². The molecule has 5 nitrogen and oxygen atoms in total. The zero-order chi connectivity index (χ0) is 15.8. The summed E-state index contributed by atoms with van der Waals surface area (Å²) in [6.45, 7) is 4.90. The molecule has 1 unspecified atom stereocenters. The van der Waals surface area contributed by atoms with Crippen molar-refractivity contribution in [3.05, 3.63) is 41.7 Å². The lowest BCUT2D eigenvalue weighted by molar-refractivity contribution is 0.456. The van der Waals surface area contributed by atoms with Crippen LogP contribution in [0.1, 0.15) is 6.92 Å². The van der Waals surface area contributed by atoms with Crippen LogP contribution in [0.5, 0.6) is 0 Å². The van der Waals surface area contributed by atoms with Gasteiger partial charge in [-0.15, -0.1) is 0 Å². The van der Waals surface area contributed by atoms with E-state index in [1.165, 1.54) is 0 Å². The van der Waals surface area contributed by atoms with E-state index in [-0.39, 0.29) is 0 Å². The first-order chi connectivity index (χ1) is 11.2. The Morgan fingerprint density at radius 3 is 3.09 bits per heavy atom. The topological polar surface area (TPSA) is 54.2 Å². The molecule has 1 N–H and O–H groups in total. The fourth-order valence-corrected chi connectivity index (χ4v) is 3.18. The first kappa shape index (κ1) is 14.5. The van der Waals surface area contributed by atoms with Crippen LogP contribution >= 0.6 is 11.6 Å². The van der Waals surface area contributed by atoms with Crippen molar-refractivity contribution in [3.8, 4) is 11.1 Å². The van der Waals surface area contributed by atoms with E-state index in [9.17, 15) is 0 Å². The van der Waals surface area contributed by atoms with E-state index in [1.54, 1.807) is 12.4 Å². The van der Waals surface area contributed by atoms with Gasteiger partial charge in [0, 0.05) is 54.2 Å². The van der Waals surface area contributed by atoms with E-state index in [2.05, 4.69) is 27.1 Å². The van der Waals surface area contributed by atoms with Crippen molar-refractivity contribution in [2.75, 3.05) is 24.5 Å². The lowest BCUT2D eigenvalue weighted by Gasteiger charge is -2.32. The predicted molar refractivity (Wildman–Crippen MR) is 91.9 cm³/mol. The minimum Gasteiger partial charge on any atom is -0.423 e. The molecule has 1 saturated heterocycles. The highest BCUT2D eigenvalue weighted by molar-refractivity contribution is 6.31. The van der Waals surface area contributed by atoms with E-state index in [0.29, 0.717) is 17.1 Å². The number of rotatable bonds is 2. The molecule has 1 aromatic carbocycles. The van der Waals surface area contributed by atoms with Gasteiger partial charge < -0.3 is 14.6 Å². The largest absolute Gasteiger partial charge is 0.423 e. The van der Waals surface area contributed by atoms with Crippen LogP contribution in [-0.2, 0) is 0 Å². The standard InChI is InChI=1S/C17H17ClN4O/c1-11-9-20-5-6-22(11)17-21-15-8-13(18)7-14(16(15)23-17)12-3-2-4-19-10-12/h2-4,7-8,10-11,20H,5-6,9H2,1H3. The van der Waals surface area contributed by atoms with Crippen LogP contribution < -0.4 is 10.2 Å². The smallest absolute Gasteiger partial charge is 0.298 e. The summed E-state index contributed by atoms with van der Waals surface area (Å²) in [5.74, 6) is 0. The Morgan fingerprint density at radius 2 is 2.30 bits per heavy atom. The number of hydrogen-bond acceptors (Lipinski definition) is 5. The molecule has 23 heavy (non-hydrogen) atoms. The van der Waals surface area contributed by atoms with Gasteiger partial charge in [0.15, 0.2) is 5.58 Å². The minimum atomic E-state index is 0.342. The van der Waals surface area contributed by atoms with Gasteiger partial charge in [-0.25, -0.2) is 0 Å². The number of nitrogens with zero attached hydrogens (tertiary/aromatic N) is 3. The van der Waals surface area contributed by atoms with E-state index in [1.807, 2.05) is 24.3 Å². The quantitative estimate of drug-likeness (QED) is 0.782. The number of fused-ring (bicyclic) bond motifs is 1. The molecule has 0 bridgehead atoms. The molecule has 0 radical (unpaired) electrons. The predicted octanol–water partition coefficient (Wildman–Crippen LogP) is 3.34. The molecule has 0 amide bonds. The van der Waals surface area contributed by atoms with Gasteiger partial charge in [0.2, 0.25) is 0 Å². The molecule has 0 aliphatic carbocycles. The first-order valence-electron chi connectivity index (χ1n) is 7.70. The number of halogens is 1. The van der Waals surface area contributed by atoms with Crippen LogP contribution in [0.25, 0.3) is 22.2 Å².